The quantitative estimate of drug-likeness (QED) is 0.686. The Balaban J connectivity index is 2.10. The minimum absolute atomic E-state index is 0.00666. The Hall–Kier alpha value is -2.25. The van der Waals surface area contributed by atoms with E-state index in [1.807, 2.05) is 30.5 Å². The number of thiazole rings is 1. The molecule has 3 rings (SSSR count). The maximum absolute atomic E-state index is 12.6. The molecule has 0 atom stereocenters. The SMILES string of the molecule is CCn1c(=NC(=O)c2cccc(S(=O)(=O)CC)c2)sc2cc(C)ccc21. The number of hydrogen-bond donors (Lipinski definition) is 0. The molecule has 0 radical (unpaired) electrons. The molecule has 136 valence electrons. The van der Waals surface area contributed by atoms with Crippen molar-refractivity contribution >= 4 is 37.3 Å². The summed E-state index contributed by atoms with van der Waals surface area (Å²) < 4.78 is 27.1. The first-order chi connectivity index (χ1) is 12.4. The molecule has 3 aromatic rings. The van der Waals surface area contributed by atoms with Crippen LogP contribution in [-0.4, -0.2) is 24.6 Å². The number of amides is 1. The maximum atomic E-state index is 12.6. The van der Waals surface area contributed by atoms with Crippen molar-refractivity contribution in [2.24, 2.45) is 4.99 Å². The minimum atomic E-state index is -3.36. The van der Waals surface area contributed by atoms with E-state index in [-0.39, 0.29) is 16.2 Å². The van der Waals surface area contributed by atoms with Crippen LogP contribution in [0.1, 0.15) is 29.8 Å². The molecule has 0 fully saturated rings. The molecule has 0 spiro atoms. The van der Waals surface area contributed by atoms with Crippen LogP contribution in [0.3, 0.4) is 0 Å². The maximum Gasteiger partial charge on any atom is 0.279 e. The third kappa shape index (κ3) is 3.50. The van der Waals surface area contributed by atoms with Gasteiger partial charge in [-0.15, -0.1) is 0 Å². The highest BCUT2D eigenvalue weighted by Crippen LogP contribution is 2.19. The van der Waals surface area contributed by atoms with E-state index in [0.717, 1.165) is 15.8 Å². The minimum Gasteiger partial charge on any atom is -0.317 e. The average Bonchev–Trinajstić information content (AvgIpc) is 2.97. The molecule has 0 saturated heterocycles. The second kappa shape index (κ2) is 7.17. The number of carbonyl (C=O) groups is 1. The van der Waals surface area contributed by atoms with E-state index in [4.69, 9.17) is 0 Å². The van der Waals surface area contributed by atoms with Gasteiger partial charge in [0.1, 0.15) is 0 Å². The van der Waals surface area contributed by atoms with Gasteiger partial charge in [-0.05, 0) is 49.7 Å². The number of carbonyl (C=O) groups excluding carboxylic acids is 1. The monoisotopic (exact) mass is 388 g/mol. The van der Waals surface area contributed by atoms with Gasteiger partial charge in [-0.25, -0.2) is 8.42 Å². The first kappa shape index (κ1) is 18.5. The van der Waals surface area contributed by atoms with Crippen molar-refractivity contribution in [3.8, 4) is 0 Å². The van der Waals surface area contributed by atoms with Crippen LogP contribution in [0.15, 0.2) is 52.4 Å². The highest BCUT2D eigenvalue weighted by atomic mass is 32.2. The second-order valence-corrected chi connectivity index (χ2v) is 9.24. The molecule has 1 amide bonds. The fourth-order valence-electron chi connectivity index (χ4n) is 2.71. The zero-order chi connectivity index (χ0) is 18.9. The van der Waals surface area contributed by atoms with E-state index in [0.29, 0.717) is 11.3 Å². The average molecular weight is 389 g/mol. The lowest BCUT2D eigenvalue weighted by atomic mass is 10.2. The number of aryl methyl sites for hydroxylation is 2. The molecule has 7 heteroatoms. The first-order valence-electron chi connectivity index (χ1n) is 8.37. The molecular formula is C19H20N2O3S2. The summed E-state index contributed by atoms with van der Waals surface area (Å²) in [5, 5.41) is 0. The Kier molecular flexibility index (Phi) is 5.11. The fraction of sp³-hybridized carbons (Fsp3) is 0.263. The van der Waals surface area contributed by atoms with Crippen molar-refractivity contribution in [3.05, 3.63) is 58.4 Å². The van der Waals surface area contributed by atoms with Crippen LogP contribution >= 0.6 is 11.3 Å². The molecule has 0 saturated carbocycles. The summed E-state index contributed by atoms with van der Waals surface area (Å²) >= 11 is 1.46. The third-order valence-corrected chi connectivity index (χ3v) is 6.95. The van der Waals surface area contributed by atoms with Crippen molar-refractivity contribution in [1.29, 1.82) is 0 Å². The predicted octanol–water partition coefficient (Wildman–Crippen LogP) is 3.57. The highest BCUT2D eigenvalue weighted by Gasteiger charge is 2.14. The standard InChI is InChI=1S/C19H20N2O3S2/c1-4-21-16-10-9-13(3)11-17(16)25-19(21)20-18(22)14-7-6-8-15(12-14)26(23,24)5-2/h6-12H,4-5H2,1-3H3. The second-order valence-electron chi connectivity index (χ2n) is 5.95. The molecule has 26 heavy (non-hydrogen) atoms. The van der Waals surface area contributed by atoms with Crippen molar-refractivity contribution in [3.63, 3.8) is 0 Å². The molecule has 1 heterocycles. The Bertz CT molecular complexity index is 1150. The van der Waals surface area contributed by atoms with E-state index >= 15 is 0 Å². The number of rotatable bonds is 4. The van der Waals surface area contributed by atoms with Crippen LogP contribution in [0, 0.1) is 6.92 Å². The zero-order valence-electron chi connectivity index (χ0n) is 14.9. The summed E-state index contributed by atoms with van der Waals surface area (Å²) in [4.78, 5) is 17.7. The molecule has 0 N–H and O–H groups in total. The molecular weight excluding hydrogens is 368 g/mol. The number of benzene rings is 2. The molecule has 5 nitrogen and oxygen atoms in total. The Morgan fingerprint density at radius 3 is 2.62 bits per heavy atom. The van der Waals surface area contributed by atoms with E-state index < -0.39 is 15.7 Å². The smallest absolute Gasteiger partial charge is 0.279 e. The molecule has 0 aliphatic heterocycles. The number of nitrogens with zero attached hydrogens (tertiary/aromatic N) is 2. The number of sulfone groups is 1. The van der Waals surface area contributed by atoms with Gasteiger partial charge in [0.15, 0.2) is 14.6 Å². The molecule has 0 unspecified atom stereocenters. The van der Waals surface area contributed by atoms with Gasteiger partial charge in [0.05, 0.1) is 20.9 Å². The van der Waals surface area contributed by atoms with E-state index in [2.05, 4.69) is 11.1 Å². The summed E-state index contributed by atoms with van der Waals surface area (Å²) in [6, 6.07) is 12.2. The molecule has 1 aromatic heterocycles. The summed E-state index contributed by atoms with van der Waals surface area (Å²) in [7, 11) is -3.36. The van der Waals surface area contributed by atoms with Crippen molar-refractivity contribution < 1.29 is 13.2 Å². The van der Waals surface area contributed by atoms with Crippen LogP contribution in [-0.2, 0) is 16.4 Å². The number of fused-ring (bicyclic) bond motifs is 1. The summed E-state index contributed by atoms with van der Waals surface area (Å²) in [6.07, 6.45) is 0. The summed E-state index contributed by atoms with van der Waals surface area (Å²) in [6.45, 7) is 6.30. The van der Waals surface area contributed by atoms with Gasteiger partial charge in [0.2, 0.25) is 0 Å². The summed E-state index contributed by atoms with van der Waals surface area (Å²) in [5.41, 5.74) is 2.46. The van der Waals surface area contributed by atoms with Gasteiger partial charge in [0, 0.05) is 12.1 Å². The predicted molar refractivity (Wildman–Crippen MR) is 104 cm³/mol. The lowest BCUT2D eigenvalue weighted by Gasteiger charge is -2.03. The van der Waals surface area contributed by atoms with Gasteiger partial charge < -0.3 is 4.57 Å². The van der Waals surface area contributed by atoms with Crippen LogP contribution in [0.2, 0.25) is 0 Å². The van der Waals surface area contributed by atoms with Crippen molar-refractivity contribution in [2.75, 3.05) is 5.75 Å². The molecule has 0 bridgehead atoms. The fourth-order valence-corrected chi connectivity index (χ4v) is 4.83. The lowest BCUT2D eigenvalue weighted by molar-refractivity contribution is 0.0997. The Morgan fingerprint density at radius 1 is 1.15 bits per heavy atom. The van der Waals surface area contributed by atoms with Gasteiger partial charge >= 0.3 is 0 Å². The van der Waals surface area contributed by atoms with Gasteiger partial charge in [-0.1, -0.05) is 30.4 Å². The van der Waals surface area contributed by atoms with Gasteiger partial charge in [-0.2, -0.15) is 4.99 Å². The Labute approximate surface area is 156 Å². The molecule has 0 aliphatic carbocycles. The number of hydrogen-bond acceptors (Lipinski definition) is 4. The normalized spacial score (nSPS) is 12.7. The topological polar surface area (TPSA) is 68.5 Å². The van der Waals surface area contributed by atoms with E-state index in [9.17, 15) is 13.2 Å². The van der Waals surface area contributed by atoms with Crippen molar-refractivity contribution in [2.45, 2.75) is 32.2 Å². The molecule has 0 aliphatic rings. The third-order valence-electron chi connectivity index (χ3n) is 4.17. The zero-order valence-corrected chi connectivity index (χ0v) is 16.5. The van der Waals surface area contributed by atoms with Crippen LogP contribution in [0.5, 0.6) is 0 Å². The van der Waals surface area contributed by atoms with Crippen LogP contribution in [0.4, 0.5) is 0 Å². The summed E-state index contributed by atoms with van der Waals surface area (Å²) in [5.74, 6) is -0.448. The van der Waals surface area contributed by atoms with E-state index in [1.165, 1.54) is 23.5 Å². The largest absolute Gasteiger partial charge is 0.317 e. The van der Waals surface area contributed by atoms with Crippen LogP contribution in [0.25, 0.3) is 10.2 Å². The van der Waals surface area contributed by atoms with Crippen LogP contribution < -0.4 is 4.80 Å². The number of aromatic nitrogens is 1. The Morgan fingerprint density at radius 2 is 1.92 bits per heavy atom. The van der Waals surface area contributed by atoms with Crippen molar-refractivity contribution in [1.82, 2.24) is 4.57 Å². The lowest BCUT2D eigenvalue weighted by Crippen LogP contribution is -2.16. The molecule has 2 aromatic carbocycles. The first-order valence-corrected chi connectivity index (χ1v) is 10.8. The van der Waals surface area contributed by atoms with Gasteiger partial charge in [-0.3, -0.25) is 4.79 Å². The van der Waals surface area contributed by atoms with E-state index in [1.54, 1.807) is 19.1 Å². The van der Waals surface area contributed by atoms with Gasteiger partial charge in [0.25, 0.3) is 5.91 Å². The highest BCUT2D eigenvalue weighted by molar-refractivity contribution is 7.91.